The lowest BCUT2D eigenvalue weighted by Crippen LogP contribution is -2.22. The summed E-state index contributed by atoms with van der Waals surface area (Å²) in [5, 5.41) is 7.15. The topological polar surface area (TPSA) is 108 Å². The summed E-state index contributed by atoms with van der Waals surface area (Å²) in [7, 11) is 0. The maximum atomic E-state index is 12.8. The highest BCUT2D eigenvalue weighted by Gasteiger charge is 2.29. The Balaban J connectivity index is 1.48. The van der Waals surface area contributed by atoms with Crippen LogP contribution in [0.15, 0.2) is 34.9 Å². The van der Waals surface area contributed by atoms with E-state index in [1.165, 1.54) is 11.3 Å². The molecule has 8 nitrogen and oxygen atoms in total. The van der Waals surface area contributed by atoms with E-state index >= 15 is 0 Å². The molecule has 2 heterocycles. The molecule has 178 valence electrons. The van der Waals surface area contributed by atoms with Gasteiger partial charge in [-0.05, 0) is 44.6 Å². The number of nitrogens with one attached hydrogen (secondary N) is 1. The van der Waals surface area contributed by atoms with Crippen molar-refractivity contribution in [3.8, 4) is 11.3 Å². The van der Waals surface area contributed by atoms with Crippen LogP contribution in [0.4, 0.5) is 5.00 Å². The minimum Gasteiger partial charge on any atom is -0.462 e. The third kappa shape index (κ3) is 4.89. The second-order valence-electron chi connectivity index (χ2n) is 8.23. The van der Waals surface area contributed by atoms with Gasteiger partial charge in [-0.2, -0.15) is 0 Å². The largest absolute Gasteiger partial charge is 0.462 e. The molecule has 0 fully saturated rings. The molecule has 2 aromatic heterocycles. The third-order valence-corrected chi connectivity index (χ3v) is 6.86. The molecule has 3 aromatic rings. The Labute approximate surface area is 201 Å². The number of esters is 2. The average Bonchev–Trinajstić information content (AvgIpc) is 3.37. The summed E-state index contributed by atoms with van der Waals surface area (Å²) >= 11 is 1.38. The first-order valence-electron chi connectivity index (χ1n) is 11.2. The monoisotopic (exact) mass is 482 g/mol. The van der Waals surface area contributed by atoms with Gasteiger partial charge in [0, 0.05) is 10.4 Å². The normalized spacial score (nSPS) is 14.9. The smallest absolute Gasteiger partial charge is 0.344 e. The van der Waals surface area contributed by atoms with Crippen LogP contribution in [0.1, 0.15) is 57.2 Å². The molecule has 1 aliphatic carbocycles. The van der Waals surface area contributed by atoms with E-state index in [1.807, 2.05) is 18.2 Å². The lowest BCUT2D eigenvalue weighted by molar-refractivity contribution is -0.119. The molecule has 4 rings (SSSR count). The van der Waals surface area contributed by atoms with Crippen molar-refractivity contribution in [2.45, 2.75) is 40.0 Å². The second kappa shape index (κ2) is 10.2. The highest BCUT2D eigenvalue weighted by molar-refractivity contribution is 7.17. The first-order valence-corrected chi connectivity index (χ1v) is 12.0. The van der Waals surface area contributed by atoms with E-state index in [-0.39, 0.29) is 12.2 Å². The Morgan fingerprint density at radius 1 is 1.15 bits per heavy atom. The Kier molecular flexibility index (Phi) is 7.12. The van der Waals surface area contributed by atoms with Crippen molar-refractivity contribution in [2.24, 2.45) is 5.92 Å². The zero-order valence-electron chi connectivity index (χ0n) is 19.3. The van der Waals surface area contributed by atoms with Gasteiger partial charge in [-0.15, -0.1) is 11.3 Å². The number of nitrogens with zero attached hydrogens (tertiary/aromatic N) is 1. The number of hydrogen-bond donors (Lipinski definition) is 1. The summed E-state index contributed by atoms with van der Waals surface area (Å²) in [5.74, 6) is -0.891. The van der Waals surface area contributed by atoms with Crippen LogP contribution >= 0.6 is 11.3 Å². The Morgan fingerprint density at radius 3 is 2.62 bits per heavy atom. The molecule has 1 unspecified atom stereocenters. The van der Waals surface area contributed by atoms with Gasteiger partial charge in [0.05, 0.1) is 12.2 Å². The van der Waals surface area contributed by atoms with Crippen LogP contribution in [0.3, 0.4) is 0 Å². The van der Waals surface area contributed by atoms with Gasteiger partial charge in [-0.3, -0.25) is 4.79 Å². The number of aryl methyl sites for hydroxylation is 1. The number of anilines is 1. The van der Waals surface area contributed by atoms with Gasteiger partial charge in [-0.1, -0.05) is 42.4 Å². The van der Waals surface area contributed by atoms with Crippen molar-refractivity contribution in [1.29, 1.82) is 0 Å². The molecule has 0 aliphatic heterocycles. The van der Waals surface area contributed by atoms with E-state index in [1.54, 1.807) is 26.0 Å². The molecule has 9 heteroatoms. The molecule has 1 N–H and O–H groups in total. The number of ether oxygens (including phenoxy) is 2. The summed E-state index contributed by atoms with van der Waals surface area (Å²) in [6.07, 6.45) is 2.59. The van der Waals surface area contributed by atoms with Crippen LogP contribution in [0.5, 0.6) is 0 Å². The van der Waals surface area contributed by atoms with Crippen LogP contribution in [0.25, 0.3) is 11.3 Å². The fraction of sp³-hybridized carbons (Fsp3) is 0.360. The zero-order chi connectivity index (χ0) is 24.2. The molecule has 34 heavy (non-hydrogen) atoms. The molecule has 1 amide bonds. The molecule has 0 bridgehead atoms. The molecular weight excluding hydrogens is 456 g/mol. The van der Waals surface area contributed by atoms with Gasteiger partial charge >= 0.3 is 11.9 Å². The number of amides is 1. The third-order valence-electron chi connectivity index (χ3n) is 5.69. The van der Waals surface area contributed by atoms with Crippen LogP contribution in [-0.2, 0) is 27.1 Å². The number of carbonyl (C=O) groups is 3. The first-order chi connectivity index (χ1) is 16.4. The van der Waals surface area contributed by atoms with Gasteiger partial charge in [-0.25, -0.2) is 9.59 Å². The quantitative estimate of drug-likeness (QED) is 0.482. The number of carbonyl (C=O) groups excluding carboxylic acids is 3. The molecular formula is C25H26N2O6S. The Bertz CT molecular complexity index is 1210. The summed E-state index contributed by atoms with van der Waals surface area (Å²) in [6, 6.07) is 9.11. The minimum absolute atomic E-state index is 0.173. The second-order valence-corrected chi connectivity index (χ2v) is 9.33. The molecule has 1 atom stereocenters. The molecule has 0 spiro atoms. The SMILES string of the molecule is CCOC(=O)c1c(NC(=O)COC(=O)c2c(-c3ccccc3)noc2C)sc2c1CCC(C)C2. The van der Waals surface area contributed by atoms with Crippen LogP contribution < -0.4 is 5.32 Å². The summed E-state index contributed by atoms with van der Waals surface area (Å²) in [5.41, 5.74) is 2.59. The predicted molar refractivity (Wildman–Crippen MR) is 127 cm³/mol. The van der Waals surface area contributed by atoms with Crippen molar-refractivity contribution in [2.75, 3.05) is 18.5 Å². The number of thiophene rings is 1. The maximum Gasteiger partial charge on any atom is 0.344 e. The van der Waals surface area contributed by atoms with E-state index in [9.17, 15) is 14.4 Å². The number of hydrogen-bond acceptors (Lipinski definition) is 8. The molecule has 0 saturated heterocycles. The number of rotatable bonds is 7. The zero-order valence-corrected chi connectivity index (χ0v) is 20.1. The van der Waals surface area contributed by atoms with Crippen molar-refractivity contribution in [1.82, 2.24) is 5.16 Å². The van der Waals surface area contributed by atoms with E-state index in [0.717, 1.165) is 29.7 Å². The number of benzene rings is 1. The van der Waals surface area contributed by atoms with E-state index in [0.29, 0.717) is 33.5 Å². The fourth-order valence-electron chi connectivity index (χ4n) is 4.03. The fourth-order valence-corrected chi connectivity index (χ4v) is 5.44. The lowest BCUT2D eigenvalue weighted by Gasteiger charge is -2.18. The highest BCUT2D eigenvalue weighted by Crippen LogP contribution is 2.40. The van der Waals surface area contributed by atoms with Gasteiger partial charge in [0.15, 0.2) is 6.61 Å². The average molecular weight is 483 g/mol. The summed E-state index contributed by atoms with van der Waals surface area (Å²) in [6.45, 7) is 5.25. The van der Waals surface area contributed by atoms with Gasteiger partial charge in [0.25, 0.3) is 5.91 Å². The van der Waals surface area contributed by atoms with Crippen molar-refractivity contribution < 1.29 is 28.4 Å². The van der Waals surface area contributed by atoms with E-state index < -0.39 is 24.5 Å². The van der Waals surface area contributed by atoms with Crippen molar-refractivity contribution in [3.63, 3.8) is 0 Å². The summed E-state index contributed by atoms with van der Waals surface area (Å²) in [4.78, 5) is 39.1. The van der Waals surface area contributed by atoms with Gasteiger partial charge in [0.2, 0.25) is 0 Å². The Morgan fingerprint density at radius 2 is 1.88 bits per heavy atom. The van der Waals surface area contributed by atoms with Gasteiger partial charge < -0.3 is 19.3 Å². The van der Waals surface area contributed by atoms with Crippen LogP contribution in [-0.4, -0.2) is 36.2 Å². The molecule has 0 radical (unpaired) electrons. The van der Waals surface area contributed by atoms with Crippen LogP contribution in [0.2, 0.25) is 0 Å². The number of fused-ring (bicyclic) bond motifs is 1. The predicted octanol–water partition coefficient (Wildman–Crippen LogP) is 4.81. The highest BCUT2D eigenvalue weighted by atomic mass is 32.1. The Hall–Kier alpha value is -3.46. The van der Waals surface area contributed by atoms with Crippen molar-refractivity contribution >= 4 is 34.2 Å². The summed E-state index contributed by atoms with van der Waals surface area (Å²) < 4.78 is 15.7. The van der Waals surface area contributed by atoms with Crippen LogP contribution in [0, 0.1) is 12.8 Å². The lowest BCUT2D eigenvalue weighted by atomic mass is 9.88. The molecule has 0 saturated carbocycles. The number of aromatic nitrogens is 1. The maximum absolute atomic E-state index is 12.8. The molecule has 1 aromatic carbocycles. The van der Waals surface area contributed by atoms with E-state index in [4.69, 9.17) is 14.0 Å². The molecule has 1 aliphatic rings. The first kappa shape index (κ1) is 23.7. The van der Waals surface area contributed by atoms with Gasteiger partial charge in [0.1, 0.15) is 22.0 Å². The standard InChI is InChI=1S/C25H26N2O6S/c1-4-31-25(30)21-17-11-10-14(2)12-18(17)34-23(21)26-19(28)13-32-24(29)20-15(3)33-27-22(20)16-8-6-5-7-9-16/h5-9,14H,4,10-13H2,1-3H3,(H,26,28). The minimum atomic E-state index is -0.710. The van der Waals surface area contributed by atoms with E-state index in [2.05, 4.69) is 17.4 Å². The van der Waals surface area contributed by atoms with Crippen molar-refractivity contribution in [3.05, 3.63) is 57.7 Å².